The Morgan fingerprint density at radius 3 is 1.88 bits per heavy atom. The summed E-state index contributed by atoms with van der Waals surface area (Å²) >= 11 is 0. The molecule has 0 radical (unpaired) electrons. The van der Waals surface area contributed by atoms with Gasteiger partial charge in [0.15, 0.2) is 0 Å². The van der Waals surface area contributed by atoms with Crippen molar-refractivity contribution in [2.24, 2.45) is 0 Å². The number of rotatable bonds is 13. The molecule has 0 aliphatic rings. The van der Waals surface area contributed by atoms with E-state index in [1.54, 1.807) is 0 Å². The Morgan fingerprint density at radius 1 is 0.818 bits per heavy atom. The molecule has 0 fully saturated rings. The first kappa shape index (κ1) is 27.2. The predicted molar refractivity (Wildman–Crippen MR) is 140 cm³/mol. The number of phenolic OH excluding ortho intramolecular Hbond substituents is 1. The van der Waals surface area contributed by atoms with E-state index in [1.165, 1.54) is 11.1 Å². The van der Waals surface area contributed by atoms with Crippen molar-refractivity contribution in [2.75, 3.05) is 13.2 Å². The van der Waals surface area contributed by atoms with Crippen LogP contribution in [0.2, 0.25) is 0 Å². The van der Waals surface area contributed by atoms with E-state index in [1.807, 2.05) is 0 Å². The fourth-order valence-corrected chi connectivity index (χ4v) is 4.95. The minimum atomic E-state index is -0.0996. The van der Waals surface area contributed by atoms with Crippen LogP contribution < -0.4 is 4.74 Å². The molecule has 3 heteroatoms. The Hall–Kier alpha value is -2.00. The van der Waals surface area contributed by atoms with Crippen molar-refractivity contribution in [3.8, 4) is 11.5 Å². The molecule has 0 heterocycles. The van der Waals surface area contributed by atoms with Gasteiger partial charge in [0.2, 0.25) is 0 Å². The number of hydrogen-bond acceptors (Lipinski definition) is 3. The van der Waals surface area contributed by atoms with Gasteiger partial charge < -0.3 is 14.9 Å². The first-order valence-electron chi connectivity index (χ1n) is 12.8. The lowest BCUT2D eigenvalue weighted by Crippen LogP contribution is -2.22. The Morgan fingerprint density at radius 2 is 1.39 bits per heavy atom. The average Bonchev–Trinajstić information content (AvgIpc) is 2.75. The summed E-state index contributed by atoms with van der Waals surface area (Å²) in [4.78, 5) is 0. The fraction of sp³-hybridized carbons (Fsp3) is 0.600. The number of aliphatic hydroxyl groups excluding tert-OH is 1. The van der Waals surface area contributed by atoms with Crippen molar-refractivity contribution in [1.29, 1.82) is 0 Å². The van der Waals surface area contributed by atoms with Crippen LogP contribution in [0.25, 0.3) is 0 Å². The minimum Gasteiger partial charge on any atom is -0.507 e. The summed E-state index contributed by atoms with van der Waals surface area (Å²) in [5.74, 6) is 1.36. The van der Waals surface area contributed by atoms with Gasteiger partial charge in [-0.25, -0.2) is 0 Å². The second-order valence-electron chi connectivity index (χ2n) is 10.7. The molecule has 0 unspecified atom stereocenters. The van der Waals surface area contributed by atoms with Gasteiger partial charge in [-0.05, 0) is 52.8 Å². The van der Waals surface area contributed by atoms with Gasteiger partial charge in [-0.2, -0.15) is 0 Å². The summed E-state index contributed by atoms with van der Waals surface area (Å²) in [6, 6.07) is 10.9. The van der Waals surface area contributed by atoms with Gasteiger partial charge in [-0.3, -0.25) is 0 Å². The van der Waals surface area contributed by atoms with Crippen LogP contribution in [0.5, 0.6) is 11.5 Å². The Balaban J connectivity index is 2.60. The standard InChI is InChI=1S/C30H46O3/c1-8-14-29(4,5)25-20-23(21-26(28(25)32)30(6,7)15-9-2)19-24-18-22(10-3)12-13-27(24)33-17-11-16-31/h12-13,18,20-21,31-32H,8-11,14-17,19H2,1-7H3. The lowest BCUT2D eigenvalue weighted by atomic mass is 9.73. The van der Waals surface area contributed by atoms with Crippen LogP contribution >= 0.6 is 0 Å². The van der Waals surface area contributed by atoms with E-state index >= 15 is 0 Å². The van der Waals surface area contributed by atoms with E-state index in [-0.39, 0.29) is 17.4 Å². The molecule has 184 valence electrons. The molecule has 2 aromatic carbocycles. The molecule has 2 N–H and O–H groups in total. The minimum absolute atomic E-state index is 0.0996. The third-order valence-corrected chi connectivity index (χ3v) is 6.87. The largest absolute Gasteiger partial charge is 0.507 e. The second kappa shape index (κ2) is 11.9. The van der Waals surface area contributed by atoms with Gasteiger partial charge >= 0.3 is 0 Å². The first-order valence-corrected chi connectivity index (χ1v) is 12.8. The van der Waals surface area contributed by atoms with Crippen molar-refractivity contribution in [3.05, 3.63) is 58.1 Å². The summed E-state index contributed by atoms with van der Waals surface area (Å²) in [5, 5.41) is 20.6. The molecule has 0 saturated heterocycles. The zero-order chi connectivity index (χ0) is 24.6. The molecular formula is C30H46O3. The maximum atomic E-state index is 11.4. The molecule has 0 spiro atoms. The second-order valence-corrected chi connectivity index (χ2v) is 10.7. The number of phenols is 1. The highest BCUT2D eigenvalue weighted by molar-refractivity contribution is 5.52. The van der Waals surface area contributed by atoms with Crippen molar-refractivity contribution in [3.63, 3.8) is 0 Å². The van der Waals surface area contributed by atoms with E-state index in [0.29, 0.717) is 18.8 Å². The molecule has 2 aromatic rings. The quantitative estimate of drug-likeness (QED) is 0.309. The van der Waals surface area contributed by atoms with E-state index in [4.69, 9.17) is 9.84 Å². The third kappa shape index (κ3) is 6.99. The van der Waals surface area contributed by atoms with Crippen LogP contribution in [-0.2, 0) is 23.7 Å². The van der Waals surface area contributed by atoms with Crippen LogP contribution in [0, 0.1) is 0 Å². The Labute approximate surface area is 202 Å². The SMILES string of the molecule is CCCC(C)(C)c1cc(Cc2cc(CC)ccc2OCCCO)cc(C(C)(C)CCC)c1O. The normalized spacial score (nSPS) is 12.2. The Bertz CT molecular complexity index is 856. The molecule has 0 atom stereocenters. The number of ether oxygens (including phenoxy) is 1. The van der Waals surface area contributed by atoms with Crippen molar-refractivity contribution < 1.29 is 14.9 Å². The molecule has 0 amide bonds. The molecular weight excluding hydrogens is 408 g/mol. The number of aryl methyl sites for hydroxylation is 1. The van der Waals surface area contributed by atoms with Crippen LogP contribution in [0.4, 0.5) is 0 Å². The molecule has 2 rings (SSSR count). The lowest BCUT2D eigenvalue weighted by Gasteiger charge is -2.32. The summed E-state index contributed by atoms with van der Waals surface area (Å²) in [5.41, 5.74) is 5.57. The summed E-state index contributed by atoms with van der Waals surface area (Å²) in [6.45, 7) is 16.2. The molecule has 0 bridgehead atoms. The molecule has 33 heavy (non-hydrogen) atoms. The number of benzene rings is 2. The van der Waals surface area contributed by atoms with Gasteiger partial charge in [0.1, 0.15) is 11.5 Å². The van der Waals surface area contributed by atoms with Crippen LogP contribution in [0.15, 0.2) is 30.3 Å². The van der Waals surface area contributed by atoms with Gasteiger partial charge in [-0.15, -0.1) is 0 Å². The lowest BCUT2D eigenvalue weighted by molar-refractivity contribution is 0.232. The van der Waals surface area contributed by atoms with Crippen LogP contribution in [0.1, 0.15) is 108 Å². The van der Waals surface area contributed by atoms with Gasteiger partial charge in [0.25, 0.3) is 0 Å². The fourth-order valence-electron chi connectivity index (χ4n) is 4.95. The molecule has 3 nitrogen and oxygen atoms in total. The molecule has 0 aliphatic carbocycles. The van der Waals surface area contributed by atoms with Crippen molar-refractivity contribution in [1.82, 2.24) is 0 Å². The maximum Gasteiger partial charge on any atom is 0.123 e. The highest BCUT2D eigenvalue weighted by Gasteiger charge is 2.30. The van der Waals surface area contributed by atoms with E-state index in [0.717, 1.165) is 61.0 Å². The summed E-state index contributed by atoms with van der Waals surface area (Å²) in [6.07, 6.45) is 6.56. The van der Waals surface area contributed by atoms with Gasteiger partial charge in [0.05, 0.1) is 6.61 Å². The first-order chi connectivity index (χ1) is 15.6. The zero-order valence-electron chi connectivity index (χ0n) is 22.1. The number of hydrogen-bond donors (Lipinski definition) is 2. The van der Waals surface area contributed by atoms with E-state index < -0.39 is 0 Å². The predicted octanol–water partition coefficient (Wildman–Crippen LogP) is 7.46. The monoisotopic (exact) mass is 454 g/mol. The van der Waals surface area contributed by atoms with Crippen LogP contribution in [-0.4, -0.2) is 23.4 Å². The molecule has 0 aromatic heterocycles. The summed E-state index contributed by atoms with van der Waals surface area (Å²) < 4.78 is 6.04. The van der Waals surface area contributed by atoms with E-state index in [2.05, 4.69) is 78.8 Å². The summed E-state index contributed by atoms with van der Waals surface area (Å²) in [7, 11) is 0. The highest BCUT2D eigenvalue weighted by Crippen LogP contribution is 2.43. The van der Waals surface area contributed by atoms with Crippen LogP contribution in [0.3, 0.4) is 0 Å². The van der Waals surface area contributed by atoms with Gasteiger partial charge in [-0.1, -0.05) is 85.6 Å². The highest BCUT2D eigenvalue weighted by atomic mass is 16.5. The maximum absolute atomic E-state index is 11.4. The average molecular weight is 455 g/mol. The molecule has 0 saturated carbocycles. The van der Waals surface area contributed by atoms with Crippen molar-refractivity contribution >= 4 is 0 Å². The molecule has 0 aliphatic heterocycles. The topological polar surface area (TPSA) is 49.7 Å². The Kier molecular flexibility index (Phi) is 9.84. The van der Waals surface area contributed by atoms with Crippen molar-refractivity contribution in [2.45, 2.75) is 104 Å². The zero-order valence-corrected chi connectivity index (χ0v) is 22.1. The third-order valence-electron chi connectivity index (χ3n) is 6.87. The number of aliphatic hydroxyl groups is 1. The van der Waals surface area contributed by atoms with Gasteiger partial charge in [0, 0.05) is 30.6 Å². The van der Waals surface area contributed by atoms with E-state index in [9.17, 15) is 5.11 Å². The smallest absolute Gasteiger partial charge is 0.123 e. The number of aromatic hydroxyl groups is 1.